The third-order valence-electron chi connectivity index (χ3n) is 13.0. The Hall–Kier alpha value is -0.410. The molecule has 0 aromatic heterocycles. The van der Waals surface area contributed by atoms with Gasteiger partial charge in [-0.2, -0.15) is 8.42 Å². The van der Waals surface area contributed by atoms with Crippen LogP contribution in [-0.2, 0) is 24.1 Å². The quantitative estimate of drug-likeness (QED) is 0.202. The van der Waals surface area contributed by atoms with Crippen LogP contribution >= 0.6 is 0 Å². The molecule has 4 aliphatic carbocycles. The highest BCUT2D eigenvalue weighted by atomic mass is 32.3. The van der Waals surface area contributed by atoms with E-state index >= 15 is 0 Å². The molecule has 12 heteroatoms. The third kappa shape index (κ3) is 6.51. The summed E-state index contributed by atoms with van der Waals surface area (Å²) in [6.45, 7) is 10.6. The molecule has 0 unspecified atom stereocenters. The molecular weight excluding hydrogens is 592 g/mol. The SMILES string of the molecule is CC(C)[C@H](CC[C@@H](C)[C@H]1C[C@H](OS(=O)(=O)O)[C@H]2[C@@H]3C[C@H](O)[C@H]4C[C@@H](O)CC[C@]4(C)[C@H]3CC[C@@]21C)O[C@@H]1OC[C@@H](O)[C@H](O)[C@H]1O. The maximum atomic E-state index is 12.1. The molecule has 0 aromatic rings. The van der Waals surface area contributed by atoms with E-state index in [4.69, 9.17) is 13.7 Å². The van der Waals surface area contributed by atoms with Gasteiger partial charge in [-0.1, -0.05) is 34.6 Å². The molecule has 44 heavy (non-hydrogen) atoms. The van der Waals surface area contributed by atoms with E-state index < -0.39 is 53.3 Å². The van der Waals surface area contributed by atoms with Gasteiger partial charge in [-0.3, -0.25) is 4.55 Å². The molecule has 16 atom stereocenters. The zero-order valence-electron chi connectivity index (χ0n) is 26.9. The first kappa shape index (κ1) is 34.9. The maximum absolute atomic E-state index is 12.1. The van der Waals surface area contributed by atoms with Crippen molar-refractivity contribution in [2.75, 3.05) is 6.61 Å². The second-order valence-electron chi connectivity index (χ2n) is 15.8. The average Bonchev–Trinajstić information content (AvgIpc) is 3.22. The van der Waals surface area contributed by atoms with Crippen molar-refractivity contribution in [3.63, 3.8) is 0 Å². The molecule has 256 valence electrons. The Labute approximate surface area is 262 Å². The van der Waals surface area contributed by atoms with Gasteiger partial charge in [-0.05, 0) is 110 Å². The molecule has 4 saturated carbocycles. The molecule has 0 amide bonds. The van der Waals surface area contributed by atoms with Crippen molar-refractivity contribution in [1.82, 2.24) is 0 Å². The van der Waals surface area contributed by atoms with Crippen molar-refractivity contribution in [3.8, 4) is 0 Å². The number of hydrogen-bond donors (Lipinski definition) is 6. The van der Waals surface area contributed by atoms with Gasteiger partial charge in [0.2, 0.25) is 0 Å². The van der Waals surface area contributed by atoms with Crippen LogP contribution in [0.5, 0.6) is 0 Å². The van der Waals surface area contributed by atoms with Gasteiger partial charge in [0, 0.05) is 0 Å². The third-order valence-corrected chi connectivity index (χ3v) is 13.5. The summed E-state index contributed by atoms with van der Waals surface area (Å²) in [4.78, 5) is 0. The maximum Gasteiger partial charge on any atom is 0.397 e. The zero-order chi connectivity index (χ0) is 32.4. The van der Waals surface area contributed by atoms with E-state index in [0.717, 1.165) is 25.7 Å². The van der Waals surface area contributed by atoms with Gasteiger partial charge in [-0.25, -0.2) is 4.18 Å². The smallest absolute Gasteiger partial charge is 0.393 e. The van der Waals surface area contributed by atoms with Crippen molar-refractivity contribution in [2.24, 2.45) is 52.3 Å². The topological polar surface area (TPSA) is 183 Å². The first-order valence-corrected chi connectivity index (χ1v) is 18.2. The number of fused-ring (bicyclic) bond motifs is 5. The van der Waals surface area contributed by atoms with E-state index in [2.05, 4.69) is 20.8 Å². The molecule has 0 radical (unpaired) electrons. The van der Waals surface area contributed by atoms with E-state index in [1.165, 1.54) is 0 Å². The first-order chi connectivity index (χ1) is 20.5. The Morgan fingerprint density at radius 1 is 0.864 bits per heavy atom. The fourth-order valence-electron chi connectivity index (χ4n) is 10.8. The lowest BCUT2D eigenvalue weighted by molar-refractivity contribution is -0.286. The Morgan fingerprint density at radius 2 is 1.55 bits per heavy atom. The molecule has 1 aliphatic heterocycles. The lowest BCUT2D eigenvalue weighted by Crippen LogP contribution is -2.59. The monoisotopic (exact) mass is 648 g/mol. The van der Waals surface area contributed by atoms with E-state index in [-0.39, 0.29) is 65.0 Å². The standard InChI is InChI=1S/C32H56O11S/c1-16(2)25(42-30-29(37)28(36)24(35)15-41-30)7-6-17(3)21-14-26(43-44(38,39)40)27-19-13-23(34)22-12-18(33)8-10-31(22,4)20(19)9-11-32(21,27)5/h16-30,33-37H,6-15H2,1-5H3,(H,38,39,40)/t17-,18+,19-,20+,21-,22-,23+,24-,25+,26+,27-,28+,29-,30+,31-,32-/m1/s1. The first-order valence-electron chi connectivity index (χ1n) is 16.8. The Bertz CT molecular complexity index is 1100. The van der Waals surface area contributed by atoms with Gasteiger partial charge in [0.05, 0.1) is 31.0 Å². The Morgan fingerprint density at radius 3 is 2.20 bits per heavy atom. The van der Waals surface area contributed by atoms with Gasteiger partial charge in [0.25, 0.3) is 0 Å². The molecule has 1 saturated heterocycles. The normalized spacial score (nSPS) is 49.2. The second kappa shape index (κ2) is 12.9. The predicted molar refractivity (Wildman–Crippen MR) is 160 cm³/mol. The van der Waals surface area contributed by atoms with Crippen LogP contribution < -0.4 is 0 Å². The van der Waals surface area contributed by atoms with Gasteiger partial charge in [0.15, 0.2) is 6.29 Å². The summed E-state index contributed by atoms with van der Waals surface area (Å²) >= 11 is 0. The van der Waals surface area contributed by atoms with Crippen molar-refractivity contribution < 1.29 is 52.2 Å². The molecular formula is C32H56O11S. The van der Waals surface area contributed by atoms with Crippen LogP contribution in [0.25, 0.3) is 0 Å². The van der Waals surface area contributed by atoms with E-state index in [1.54, 1.807) is 0 Å². The van der Waals surface area contributed by atoms with Gasteiger partial charge >= 0.3 is 10.4 Å². The number of rotatable bonds is 9. The molecule has 0 bridgehead atoms. The summed E-state index contributed by atoms with van der Waals surface area (Å²) in [6.07, 6.45) is -0.441. The van der Waals surface area contributed by atoms with Crippen LogP contribution in [-0.4, -0.2) is 94.1 Å². The van der Waals surface area contributed by atoms with E-state index in [9.17, 15) is 38.5 Å². The fourth-order valence-corrected chi connectivity index (χ4v) is 11.3. The summed E-state index contributed by atoms with van der Waals surface area (Å²) < 4.78 is 51.2. The molecule has 5 aliphatic rings. The summed E-state index contributed by atoms with van der Waals surface area (Å²) in [5.74, 6) is 0.540. The number of aliphatic hydroxyl groups is 5. The van der Waals surface area contributed by atoms with Crippen LogP contribution in [0.4, 0.5) is 0 Å². The van der Waals surface area contributed by atoms with Gasteiger partial charge in [-0.15, -0.1) is 0 Å². The summed E-state index contributed by atoms with van der Waals surface area (Å²) in [7, 11) is -4.69. The highest BCUT2D eigenvalue weighted by Crippen LogP contribution is 2.69. The highest BCUT2D eigenvalue weighted by Gasteiger charge is 2.65. The fraction of sp³-hybridized carbons (Fsp3) is 1.00. The lowest BCUT2D eigenvalue weighted by atomic mass is 9.43. The lowest BCUT2D eigenvalue weighted by Gasteiger charge is -2.62. The molecule has 1 heterocycles. The molecule has 6 N–H and O–H groups in total. The van der Waals surface area contributed by atoms with Crippen molar-refractivity contribution in [1.29, 1.82) is 0 Å². The van der Waals surface area contributed by atoms with Crippen LogP contribution in [0.3, 0.4) is 0 Å². The van der Waals surface area contributed by atoms with Gasteiger partial charge < -0.3 is 35.0 Å². The van der Waals surface area contributed by atoms with Crippen molar-refractivity contribution >= 4 is 10.4 Å². The van der Waals surface area contributed by atoms with Crippen LogP contribution in [0.15, 0.2) is 0 Å². The molecule has 11 nitrogen and oxygen atoms in total. The number of ether oxygens (including phenoxy) is 2. The van der Waals surface area contributed by atoms with Crippen LogP contribution in [0, 0.1) is 52.3 Å². The summed E-state index contributed by atoms with van der Waals surface area (Å²) in [5.41, 5.74) is -0.406. The minimum absolute atomic E-state index is 0.0120. The zero-order valence-corrected chi connectivity index (χ0v) is 27.7. The summed E-state index contributed by atoms with van der Waals surface area (Å²) in [5, 5.41) is 52.2. The predicted octanol–water partition coefficient (Wildman–Crippen LogP) is 2.67. The minimum atomic E-state index is -4.69. The molecule has 0 spiro atoms. The summed E-state index contributed by atoms with van der Waals surface area (Å²) in [6, 6.07) is 0. The number of aliphatic hydroxyl groups excluding tert-OH is 5. The van der Waals surface area contributed by atoms with Gasteiger partial charge in [0.1, 0.15) is 18.3 Å². The van der Waals surface area contributed by atoms with Crippen molar-refractivity contribution in [3.05, 3.63) is 0 Å². The van der Waals surface area contributed by atoms with E-state index in [0.29, 0.717) is 32.1 Å². The van der Waals surface area contributed by atoms with Crippen LogP contribution in [0.1, 0.15) is 92.4 Å². The van der Waals surface area contributed by atoms with Crippen LogP contribution in [0.2, 0.25) is 0 Å². The second-order valence-corrected chi connectivity index (χ2v) is 16.9. The van der Waals surface area contributed by atoms with E-state index in [1.807, 2.05) is 13.8 Å². The molecule has 5 rings (SSSR count). The largest absolute Gasteiger partial charge is 0.397 e. The van der Waals surface area contributed by atoms with Crippen molar-refractivity contribution in [2.45, 2.75) is 141 Å². The number of hydrogen-bond acceptors (Lipinski definition) is 10. The minimum Gasteiger partial charge on any atom is -0.393 e. The average molecular weight is 649 g/mol. The highest BCUT2D eigenvalue weighted by molar-refractivity contribution is 7.80. The molecule has 0 aromatic carbocycles. The molecule has 5 fully saturated rings. The Balaban J connectivity index is 1.34. The Kier molecular flexibility index (Phi) is 10.2.